The quantitative estimate of drug-likeness (QED) is 0.857. The Morgan fingerprint density at radius 3 is 2.47 bits per heavy atom. The fraction of sp³-hybridized carbons (Fsp3) is 0.500. The number of nitrogens with one attached hydrogen (secondary N) is 1. The molecule has 2 rings (SSSR count). The molecule has 1 saturated heterocycles. The summed E-state index contributed by atoms with van der Waals surface area (Å²) in [4.78, 5) is 2.30. The molecule has 3 nitrogen and oxygen atoms in total. The van der Waals surface area contributed by atoms with Crippen LogP contribution in [0.15, 0.2) is 30.3 Å². The molecule has 1 aliphatic rings. The summed E-state index contributed by atoms with van der Waals surface area (Å²) in [6.45, 7) is 5.91. The number of benzene rings is 1. The highest BCUT2D eigenvalue weighted by Gasteiger charge is 2.37. The van der Waals surface area contributed by atoms with Gasteiger partial charge in [-0.1, -0.05) is 37.3 Å². The Bertz CT molecular complexity index is 390. The van der Waals surface area contributed by atoms with Gasteiger partial charge in [0.2, 0.25) is 0 Å². The molecule has 1 N–H and O–H groups in total. The van der Waals surface area contributed by atoms with Crippen molar-refractivity contribution in [2.75, 3.05) is 26.2 Å². The Morgan fingerprint density at radius 2 is 1.94 bits per heavy atom. The molecule has 1 unspecified atom stereocenters. The monoisotopic (exact) mass is 229 g/mol. The maximum atomic E-state index is 9.67. The van der Waals surface area contributed by atoms with Gasteiger partial charge in [-0.25, -0.2) is 0 Å². The van der Waals surface area contributed by atoms with Crippen LogP contribution in [0.5, 0.6) is 0 Å². The maximum absolute atomic E-state index is 9.67. The van der Waals surface area contributed by atoms with Gasteiger partial charge in [-0.2, -0.15) is 5.26 Å². The summed E-state index contributed by atoms with van der Waals surface area (Å²) < 4.78 is 0. The van der Waals surface area contributed by atoms with Gasteiger partial charge in [-0.05, 0) is 12.0 Å². The Balaban J connectivity index is 2.35. The van der Waals surface area contributed by atoms with Crippen LogP contribution in [0.4, 0.5) is 0 Å². The summed E-state index contributed by atoms with van der Waals surface area (Å²) in [6.07, 6.45) is 0.827. The zero-order valence-corrected chi connectivity index (χ0v) is 10.3. The molecule has 0 spiro atoms. The van der Waals surface area contributed by atoms with Crippen LogP contribution >= 0.6 is 0 Å². The largest absolute Gasteiger partial charge is 0.314 e. The lowest BCUT2D eigenvalue weighted by Crippen LogP contribution is -2.53. The van der Waals surface area contributed by atoms with Crippen molar-refractivity contribution in [3.63, 3.8) is 0 Å². The first-order valence-electron chi connectivity index (χ1n) is 6.26. The fourth-order valence-electron chi connectivity index (χ4n) is 2.59. The first-order chi connectivity index (χ1) is 8.33. The minimum absolute atomic E-state index is 0.455. The van der Waals surface area contributed by atoms with Crippen LogP contribution in [0.3, 0.4) is 0 Å². The molecule has 1 aromatic rings. The number of piperazine rings is 1. The van der Waals surface area contributed by atoms with Crippen LogP contribution in [-0.2, 0) is 5.54 Å². The number of rotatable bonds is 3. The van der Waals surface area contributed by atoms with E-state index in [0.717, 1.165) is 38.2 Å². The van der Waals surface area contributed by atoms with Gasteiger partial charge < -0.3 is 5.32 Å². The van der Waals surface area contributed by atoms with Crippen LogP contribution in [0.25, 0.3) is 0 Å². The van der Waals surface area contributed by atoms with Crippen LogP contribution in [0.1, 0.15) is 18.9 Å². The summed E-state index contributed by atoms with van der Waals surface area (Å²) in [5, 5.41) is 13.0. The van der Waals surface area contributed by atoms with Crippen molar-refractivity contribution in [3.8, 4) is 6.07 Å². The van der Waals surface area contributed by atoms with E-state index in [4.69, 9.17) is 0 Å². The predicted octanol–water partition coefficient (Wildman–Crippen LogP) is 1.72. The van der Waals surface area contributed by atoms with Crippen molar-refractivity contribution in [1.82, 2.24) is 10.2 Å². The van der Waals surface area contributed by atoms with Crippen molar-refractivity contribution in [1.29, 1.82) is 5.26 Å². The van der Waals surface area contributed by atoms with Gasteiger partial charge in [0.05, 0.1) is 6.07 Å². The Kier molecular flexibility index (Phi) is 3.78. The lowest BCUT2D eigenvalue weighted by Gasteiger charge is -2.41. The van der Waals surface area contributed by atoms with Gasteiger partial charge in [0.15, 0.2) is 0 Å². The molecular weight excluding hydrogens is 210 g/mol. The van der Waals surface area contributed by atoms with E-state index >= 15 is 0 Å². The second-order valence-electron chi connectivity index (χ2n) is 4.43. The van der Waals surface area contributed by atoms with Gasteiger partial charge in [0.1, 0.15) is 5.54 Å². The van der Waals surface area contributed by atoms with E-state index in [1.165, 1.54) is 0 Å². The SMILES string of the molecule is CCC(C#N)(c1ccccc1)N1CCNCC1. The third-order valence-corrected chi connectivity index (χ3v) is 3.60. The highest BCUT2D eigenvalue weighted by Crippen LogP contribution is 2.31. The summed E-state index contributed by atoms with van der Waals surface area (Å²) in [5.74, 6) is 0. The normalized spacial score (nSPS) is 20.5. The van der Waals surface area contributed by atoms with Crippen molar-refractivity contribution in [2.24, 2.45) is 0 Å². The van der Waals surface area contributed by atoms with Crippen molar-refractivity contribution >= 4 is 0 Å². The fourth-order valence-corrected chi connectivity index (χ4v) is 2.59. The summed E-state index contributed by atoms with van der Waals surface area (Å²) in [7, 11) is 0. The molecule has 1 heterocycles. The Labute approximate surface area is 103 Å². The third kappa shape index (κ3) is 2.19. The molecule has 3 heteroatoms. The van der Waals surface area contributed by atoms with E-state index in [-0.39, 0.29) is 0 Å². The first kappa shape index (κ1) is 12.1. The average molecular weight is 229 g/mol. The molecule has 1 atom stereocenters. The predicted molar refractivity (Wildman–Crippen MR) is 68.5 cm³/mol. The number of nitrogens with zero attached hydrogens (tertiary/aromatic N) is 2. The van der Waals surface area contributed by atoms with Crippen LogP contribution in [0, 0.1) is 11.3 Å². The molecule has 0 saturated carbocycles. The second-order valence-corrected chi connectivity index (χ2v) is 4.43. The second kappa shape index (κ2) is 5.31. The number of hydrogen-bond acceptors (Lipinski definition) is 3. The summed E-state index contributed by atoms with van der Waals surface area (Å²) >= 11 is 0. The molecule has 0 aliphatic carbocycles. The molecule has 1 aromatic carbocycles. The molecule has 90 valence electrons. The summed E-state index contributed by atoms with van der Waals surface area (Å²) in [6, 6.07) is 12.7. The van der Waals surface area contributed by atoms with Gasteiger partial charge in [-0.3, -0.25) is 4.90 Å². The molecule has 17 heavy (non-hydrogen) atoms. The zero-order chi connectivity index (χ0) is 12.1. The minimum Gasteiger partial charge on any atom is -0.314 e. The number of nitriles is 1. The van der Waals surface area contributed by atoms with Gasteiger partial charge in [0, 0.05) is 26.2 Å². The Hall–Kier alpha value is -1.37. The van der Waals surface area contributed by atoms with Crippen LogP contribution < -0.4 is 5.32 Å². The molecular formula is C14H19N3. The van der Waals surface area contributed by atoms with Crippen molar-refractivity contribution in [3.05, 3.63) is 35.9 Å². The molecule has 1 aliphatic heterocycles. The molecule has 0 bridgehead atoms. The van der Waals surface area contributed by atoms with Crippen molar-refractivity contribution < 1.29 is 0 Å². The van der Waals surface area contributed by atoms with E-state index in [1.54, 1.807) is 0 Å². The summed E-state index contributed by atoms with van der Waals surface area (Å²) in [5.41, 5.74) is 0.663. The molecule has 0 radical (unpaired) electrons. The van der Waals surface area contributed by atoms with Crippen LogP contribution in [-0.4, -0.2) is 31.1 Å². The van der Waals surface area contributed by atoms with Crippen LogP contribution in [0.2, 0.25) is 0 Å². The van der Waals surface area contributed by atoms with E-state index in [1.807, 2.05) is 18.2 Å². The van der Waals surface area contributed by atoms with Gasteiger partial charge in [-0.15, -0.1) is 0 Å². The van der Waals surface area contributed by atoms with Gasteiger partial charge in [0.25, 0.3) is 0 Å². The molecule has 0 aromatic heterocycles. The van der Waals surface area contributed by atoms with E-state index in [9.17, 15) is 5.26 Å². The zero-order valence-electron chi connectivity index (χ0n) is 10.3. The highest BCUT2D eigenvalue weighted by atomic mass is 15.2. The molecule has 1 fully saturated rings. The highest BCUT2D eigenvalue weighted by molar-refractivity contribution is 5.31. The minimum atomic E-state index is -0.455. The standard InChI is InChI=1S/C14H19N3/c1-2-14(12-15,13-6-4-3-5-7-13)17-10-8-16-9-11-17/h3-7,16H,2,8-11H2,1H3. The maximum Gasteiger partial charge on any atom is 0.134 e. The van der Waals surface area contributed by atoms with Gasteiger partial charge >= 0.3 is 0 Å². The average Bonchev–Trinajstić information content (AvgIpc) is 2.43. The third-order valence-electron chi connectivity index (χ3n) is 3.60. The topological polar surface area (TPSA) is 39.1 Å². The van der Waals surface area contributed by atoms with E-state index in [2.05, 4.69) is 35.3 Å². The van der Waals surface area contributed by atoms with E-state index < -0.39 is 5.54 Å². The van der Waals surface area contributed by atoms with E-state index in [0.29, 0.717) is 0 Å². The molecule has 0 amide bonds. The number of hydrogen-bond donors (Lipinski definition) is 1. The lowest BCUT2D eigenvalue weighted by molar-refractivity contribution is 0.113. The first-order valence-corrected chi connectivity index (χ1v) is 6.26. The smallest absolute Gasteiger partial charge is 0.134 e. The lowest BCUT2D eigenvalue weighted by atomic mass is 9.86. The Morgan fingerprint density at radius 1 is 1.29 bits per heavy atom. The van der Waals surface area contributed by atoms with Crippen molar-refractivity contribution in [2.45, 2.75) is 18.9 Å².